The summed E-state index contributed by atoms with van der Waals surface area (Å²) in [7, 11) is 0. The zero-order valence-corrected chi connectivity index (χ0v) is 14.0. The molecule has 5 heteroatoms. The lowest BCUT2D eigenvalue weighted by atomic mass is 10.1. The molecular weight excluding hydrogens is 302 g/mol. The second kappa shape index (κ2) is 6.66. The molecular formula is C19H19N3O2. The SMILES string of the molecule is Cc1cc(-c2ccc(NC(=O)Cc3c(C)noc3C)cc2)ccn1. The van der Waals surface area contributed by atoms with Crippen molar-refractivity contribution in [3.8, 4) is 11.1 Å². The smallest absolute Gasteiger partial charge is 0.228 e. The van der Waals surface area contributed by atoms with Crippen LogP contribution >= 0.6 is 0 Å². The summed E-state index contributed by atoms with van der Waals surface area (Å²) in [6, 6.07) is 11.8. The molecule has 0 bridgehead atoms. The second-order valence-electron chi connectivity index (χ2n) is 5.79. The van der Waals surface area contributed by atoms with Gasteiger partial charge in [-0.1, -0.05) is 17.3 Å². The van der Waals surface area contributed by atoms with Crippen molar-refractivity contribution in [2.45, 2.75) is 27.2 Å². The minimum atomic E-state index is -0.0862. The lowest BCUT2D eigenvalue weighted by Crippen LogP contribution is -2.15. The highest BCUT2D eigenvalue weighted by Gasteiger charge is 2.13. The predicted octanol–water partition coefficient (Wildman–Crippen LogP) is 3.84. The maximum atomic E-state index is 12.2. The molecule has 0 saturated heterocycles. The monoisotopic (exact) mass is 321 g/mol. The van der Waals surface area contributed by atoms with Crippen molar-refractivity contribution in [3.63, 3.8) is 0 Å². The van der Waals surface area contributed by atoms with Crippen LogP contribution in [0, 0.1) is 20.8 Å². The Kier molecular flexibility index (Phi) is 4.42. The van der Waals surface area contributed by atoms with Gasteiger partial charge in [0.05, 0.1) is 12.1 Å². The lowest BCUT2D eigenvalue weighted by Gasteiger charge is -2.07. The van der Waals surface area contributed by atoms with E-state index < -0.39 is 0 Å². The van der Waals surface area contributed by atoms with Gasteiger partial charge in [-0.05, 0) is 56.2 Å². The Labute approximate surface area is 140 Å². The Morgan fingerprint density at radius 2 is 1.83 bits per heavy atom. The van der Waals surface area contributed by atoms with E-state index in [-0.39, 0.29) is 12.3 Å². The van der Waals surface area contributed by atoms with Gasteiger partial charge < -0.3 is 9.84 Å². The highest BCUT2D eigenvalue weighted by molar-refractivity contribution is 5.92. The molecule has 0 radical (unpaired) electrons. The molecule has 3 rings (SSSR count). The fourth-order valence-corrected chi connectivity index (χ4v) is 2.59. The van der Waals surface area contributed by atoms with Gasteiger partial charge in [0, 0.05) is 23.1 Å². The molecule has 3 aromatic rings. The first-order valence-corrected chi connectivity index (χ1v) is 7.77. The van der Waals surface area contributed by atoms with Crippen molar-refractivity contribution < 1.29 is 9.32 Å². The topological polar surface area (TPSA) is 68.0 Å². The summed E-state index contributed by atoms with van der Waals surface area (Å²) < 4.78 is 5.09. The Morgan fingerprint density at radius 3 is 2.46 bits per heavy atom. The molecule has 0 aliphatic heterocycles. The number of carbonyl (C=O) groups excluding carboxylic acids is 1. The highest BCUT2D eigenvalue weighted by atomic mass is 16.5. The zero-order chi connectivity index (χ0) is 17.1. The van der Waals surface area contributed by atoms with E-state index in [1.54, 1.807) is 6.20 Å². The van der Waals surface area contributed by atoms with E-state index in [0.717, 1.165) is 33.8 Å². The molecule has 2 heterocycles. The summed E-state index contributed by atoms with van der Waals surface area (Å²) in [4.78, 5) is 16.4. The molecule has 0 spiro atoms. The summed E-state index contributed by atoms with van der Waals surface area (Å²) in [5.41, 5.74) is 5.54. The number of carbonyl (C=O) groups is 1. The molecule has 0 saturated carbocycles. The molecule has 1 N–H and O–H groups in total. The van der Waals surface area contributed by atoms with Crippen molar-refractivity contribution in [3.05, 3.63) is 65.3 Å². The Bertz CT molecular complexity index is 847. The van der Waals surface area contributed by atoms with E-state index in [1.807, 2.05) is 57.2 Å². The van der Waals surface area contributed by atoms with Gasteiger partial charge in [-0.2, -0.15) is 0 Å². The second-order valence-corrected chi connectivity index (χ2v) is 5.79. The van der Waals surface area contributed by atoms with Crippen LogP contribution in [0.5, 0.6) is 0 Å². The average molecular weight is 321 g/mol. The molecule has 5 nitrogen and oxygen atoms in total. The van der Waals surface area contributed by atoms with Gasteiger partial charge in [-0.25, -0.2) is 0 Å². The van der Waals surface area contributed by atoms with Crippen LogP contribution in [-0.2, 0) is 11.2 Å². The largest absolute Gasteiger partial charge is 0.361 e. The standard InChI is InChI=1S/C19H19N3O2/c1-12-10-16(8-9-20-12)15-4-6-17(7-5-15)21-19(23)11-18-13(2)22-24-14(18)3/h4-10H,11H2,1-3H3,(H,21,23). The Balaban J connectivity index is 1.69. The fourth-order valence-electron chi connectivity index (χ4n) is 2.59. The number of aromatic nitrogens is 2. The number of hydrogen-bond acceptors (Lipinski definition) is 4. The molecule has 0 aliphatic rings. The van der Waals surface area contributed by atoms with Crippen molar-refractivity contribution in [2.75, 3.05) is 5.32 Å². The van der Waals surface area contributed by atoms with E-state index in [1.165, 1.54) is 0 Å². The number of anilines is 1. The van der Waals surface area contributed by atoms with Crippen LogP contribution in [0.25, 0.3) is 11.1 Å². The van der Waals surface area contributed by atoms with Gasteiger partial charge in [0.15, 0.2) is 0 Å². The summed E-state index contributed by atoms with van der Waals surface area (Å²) in [6.07, 6.45) is 2.05. The Hall–Kier alpha value is -2.95. The summed E-state index contributed by atoms with van der Waals surface area (Å²) in [6.45, 7) is 5.62. The zero-order valence-electron chi connectivity index (χ0n) is 14.0. The van der Waals surface area contributed by atoms with Crippen LogP contribution in [0.15, 0.2) is 47.1 Å². The third kappa shape index (κ3) is 3.51. The maximum Gasteiger partial charge on any atom is 0.228 e. The molecule has 122 valence electrons. The lowest BCUT2D eigenvalue weighted by molar-refractivity contribution is -0.115. The van der Waals surface area contributed by atoms with Crippen LogP contribution in [0.1, 0.15) is 22.7 Å². The molecule has 24 heavy (non-hydrogen) atoms. The van der Waals surface area contributed by atoms with Crippen molar-refractivity contribution in [2.24, 2.45) is 0 Å². The van der Waals surface area contributed by atoms with Crippen molar-refractivity contribution in [1.29, 1.82) is 0 Å². The quantitative estimate of drug-likeness (QED) is 0.792. The van der Waals surface area contributed by atoms with Gasteiger partial charge >= 0.3 is 0 Å². The van der Waals surface area contributed by atoms with Crippen LogP contribution in [0.3, 0.4) is 0 Å². The van der Waals surface area contributed by atoms with Crippen LogP contribution in [-0.4, -0.2) is 16.0 Å². The van der Waals surface area contributed by atoms with Gasteiger partial charge in [0.1, 0.15) is 5.76 Å². The maximum absolute atomic E-state index is 12.2. The summed E-state index contributed by atoms with van der Waals surface area (Å²) in [5, 5.41) is 6.77. The van der Waals surface area contributed by atoms with Crippen LogP contribution < -0.4 is 5.32 Å². The van der Waals surface area contributed by atoms with Gasteiger partial charge in [0.25, 0.3) is 0 Å². The summed E-state index contributed by atoms with van der Waals surface area (Å²) >= 11 is 0. The third-order valence-electron chi connectivity index (χ3n) is 3.92. The van der Waals surface area contributed by atoms with E-state index in [0.29, 0.717) is 5.76 Å². The minimum absolute atomic E-state index is 0.0862. The number of pyridine rings is 1. The number of benzene rings is 1. The summed E-state index contributed by atoms with van der Waals surface area (Å²) in [5.74, 6) is 0.600. The van der Waals surface area contributed by atoms with E-state index in [4.69, 9.17) is 4.52 Å². The van der Waals surface area contributed by atoms with E-state index in [9.17, 15) is 4.79 Å². The molecule has 0 fully saturated rings. The molecule has 0 atom stereocenters. The highest BCUT2D eigenvalue weighted by Crippen LogP contribution is 2.22. The molecule has 0 aliphatic carbocycles. The van der Waals surface area contributed by atoms with Gasteiger partial charge in [-0.15, -0.1) is 0 Å². The van der Waals surface area contributed by atoms with Crippen molar-refractivity contribution >= 4 is 11.6 Å². The minimum Gasteiger partial charge on any atom is -0.361 e. The number of amides is 1. The van der Waals surface area contributed by atoms with Gasteiger partial charge in [-0.3, -0.25) is 9.78 Å². The van der Waals surface area contributed by atoms with Crippen LogP contribution in [0.2, 0.25) is 0 Å². The van der Waals surface area contributed by atoms with E-state index >= 15 is 0 Å². The van der Waals surface area contributed by atoms with Crippen molar-refractivity contribution in [1.82, 2.24) is 10.1 Å². The van der Waals surface area contributed by atoms with Gasteiger partial charge in [0.2, 0.25) is 5.91 Å². The van der Waals surface area contributed by atoms with Crippen LogP contribution in [0.4, 0.5) is 5.69 Å². The normalized spacial score (nSPS) is 10.6. The number of nitrogens with zero attached hydrogens (tertiary/aromatic N) is 2. The molecule has 2 aromatic heterocycles. The predicted molar refractivity (Wildman–Crippen MR) is 92.7 cm³/mol. The third-order valence-corrected chi connectivity index (χ3v) is 3.92. The molecule has 1 aromatic carbocycles. The average Bonchev–Trinajstić information content (AvgIpc) is 2.87. The number of aryl methyl sites for hydroxylation is 3. The first-order chi connectivity index (χ1) is 11.5. The Morgan fingerprint density at radius 1 is 1.08 bits per heavy atom. The first-order valence-electron chi connectivity index (χ1n) is 7.77. The molecule has 0 unspecified atom stereocenters. The number of rotatable bonds is 4. The number of nitrogens with one attached hydrogen (secondary N) is 1. The molecule has 1 amide bonds. The van der Waals surface area contributed by atoms with E-state index in [2.05, 4.69) is 15.5 Å². The fraction of sp³-hybridized carbons (Fsp3) is 0.211. The first kappa shape index (κ1) is 15.9. The number of hydrogen-bond donors (Lipinski definition) is 1.